The highest BCUT2D eigenvalue weighted by molar-refractivity contribution is 5.79. The second-order valence-corrected chi connectivity index (χ2v) is 10.5. The number of para-hydroxylation sites is 2. The Kier molecular flexibility index (Phi) is 6.23. The van der Waals surface area contributed by atoms with Crippen molar-refractivity contribution in [1.82, 2.24) is 24.3 Å². The summed E-state index contributed by atoms with van der Waals surface area (Å²) in [6, 6.07) is 28.4. The van der Waals surface area contributed by atoms with Gasteiger partial charge in [0.1, 0.15) is 18.1 Å². The molecule has 1 aliphatic heterocycles. The van der Waals surface area contributed by atoms with Crippen molar-refractivity contribution in [1.29, 1.82) is 0 Å². The third kappa shape index (κ3) is 4.80. The van der Waals surface area contributed by atoms with Gasteiger partial charge >= 0.3 is 0 Å². The first-order valence-corrected chi connectivity index (χ1v) is 14.3. The lowest BCUT2D eigenvalue weighted by atomic mass is 10.1. The van der Waals surface area contributed by atoms with Crippen LogP contribution in [0.2, 0.25) is 0 Å². The van der Waals surface area contributed by atoms with E-state index >= 15 is 0 Å². The Morgan fingerprint density at radius 1 is 0.889 bits per heavy atom. The summed E-state index contributed by atoms with van der Waals surface area (Å²) in [5.41, 5.74) is 5.34. The van der Waals surface area contributed by atoms with Crippen LogP contribution in [-0.4, -0.2) is 29.4 Å². The summed E-state index contributed by atoms with van der Waals surface area (Å²) < 4.78 is 10.5. The van der Waals surface area contributed by atoms with E-state index in [0.29, 0.717) is 34.2 Å². The molecule has 10 heteroatoms. The van der Waals surface area contributed by atoms with Crippen molar-refractivity contribution in [3.63, 3.8) is 0 Å². The molecule has 0 fully saturated rings. The lowest BCUT2D eigenvalue weighted by Gasteiger charge is -2.17. The summed E-state index contributed by atoms with van der Waals surface area (Å²) in [6.07, 6.45) is 9.46. The van der Waals surface area contributed by atoms with Crippen molar-refractivity contribution in [3.8, 4) is 28.8 Å². The first-order valence-electron chi connectivity index (χ1n) is 14.3. The molecule has 0 saturated carbocycles. The number of fused-ring (bicyclic) bond motifs is 3. The molecule has 0 bridgehead atoms. The van der Waals surface area contributed by atoms with Crippen LogP contribution in [0, 0.1) is 6.92 Å². The normalized spacial score (nSPS) is 12.6. The second-order valence-electron chi connectivity index (χ2n) is 10.5. The number of phenols is 1. The number of imidazole rings is 1. The van der Waals surface area contributed by atoms with E-state index in [-0.39, 0.29) is 5.75 Å². The van der Waals surface area contributed by atoms with Gasteiger partial charge in [0.2, 0.25) is 23.7 Å². The number of hydrogen-bond acceptors (Lipinski definition) is 7. The van der Waals surface area contributed by atoms with Crippen LogP contribution in [0.25, 0.3) is 34.4 Å². The van der Waals surface area contributed by atoms with Crippen LogP contribution >= 0.6 is 0 Å². The second kappa shape index (κ2) is 10.7. The minimum absolute atomic E-state index is 0.147. The molecule has 0 atom stereocenters. The maximum absolute atomic E-state index is 9.74. The maximum atomic E-state index is 9.74. The number of hydrogen-bond donors (Lipinski definition) is 1. The molecule has 2 N–H and O–H groups in total. The lowest BCUT2D eigenvalue weighted by molar-refractivity contribution is -0.376. The first kappa shape index (κ1) is 26.2. The number of aromatic amines is 1. The lowest BCUT2D eigenvalue weighted by Crippen LogP contribution is -2.33. The SMILES string of the molecule is Cc1nn(-c2ccccc2)c2c1C=c1c(c(-n3cc[nH+]c3)c(N=Nc3ccc(O)cc3)n/c1=C\c1ccc3ccccc3n1)O2. The van der Waals surface area contributed by atoms with Crippen molar-refractivity contribution in [2.75, 3.05) is 0 Å². The predicted molar refractivity (Wildman–Crippen MR) is 169 cm³/mol. The molecule has 0 spiro atoms. The van der Waals surface area contributed by atoms with Crippen molar-refractivity contribution in [2.45, 2.75) is 6.92 Å². The zero-order valence-corrected chi connectivity index (χ0v) is 24.0. The van der Waals surface area contributed by atoms with Crippen LogP contribution in [-0.2, 0) is 0 Å². The number of rotatable bonds is 5. The average molecular weight is 590 g/mol. The number of benzene rings is 3. The number of H-pyrrole nitrogens is 1. The fourth-order valence-corrected chi connectivity index (χ4v) is 5.35. The molecule has 45 heavy (non-hydrogen) atoms. The van der Waals surface area contributed by atoms with Gasteiger partial charge in [-0.1, -0.05) is 42.5 Å². The molecule has 4 aromatic heterocycles. The predicted octanol–water partition coefficient (Wildman–Crippen LogP) is 5.61. The van der Waals surface area contributed by atoms with Gasteiger partial charge in [-0.15, -0.1) is 10.2 Å². The molecular weight excluding hydrogens is 564 g/mol. The van der Waals surface area contributed by atoms with Crippen LogP contribution in [0.1, 0.15) is 17.0 Å². The Morgan fingerprint density at radius 2 is 1.71 bits per heavy atom. The number of nitrogens with one attached hydrogen (secondary N) is 1. The molecule has 0 amide bonds. The monoisotopic (exact) mass is 589 g/mol. The Morgan fingerprint density at radius 3 is 2.53 bits per heavy atom. The summed E-state index contributed by atoms with van der Waals surface area (Å²) in [5, 5.41) is 26.1. The van der Waals surface area contributed by atoms with E-state index in [4.69, 9.17) is 19.8 Å². The number of nitrogens with zero attached hydrogens (tertiary/aromatic N) is 7. The number of aryl methyl sites for hydroxylation is 1. The van der Waals surface area contributed by atoms with Gasteiger partial charge in [0.15, 0.2) is 5.75 Å². The molecule has 0 aliphatic carbocycles. The van der Waals surface area contributed by atoms with E-state index < -0.39 is 0 Å². The third-order valence-electron chi connectivity index (χ3n) is 7.54. The van der Waals surface area contributed by atoms with Gasteiger partial charge in [-0.25, -0.2) is 15.0 Å². The van der Waals surface area contributed by atoms with Crippen molar-refractivity contribution >= 4 is 34.6 Å². The van der Waals surface area contributed by atoms with Crippen LogP contribution in [0.15, 0.2) is 120 Å². The Bertz CT molecular complexity index is 2360. The van der Waals surface area contributed by atoms with Crippen molar-refractivity contribution in [3.05, 3.63) is 137 Å². The van der Waals surface area contributed by atoms with Gasteiger partial charge in [-0.05, 0) is 67.6 Å². The van der Waals surface area contributed by atoms with Gasteiger partial charge in [-0.2, -0.15) is 14.3 Å². The van der Waals surface area contributed by atoms with Crippen LogP contribution in [0.3, 0.4) is 0 Å². The quantitative estimate of drug-likeness (QED) is 0.262. The summed E-state index contributed by atoms with van der Waals surface area (Å²) in [6.45, 7) is 1.97. The van der Waals surface area contributed by atoms with Gasteiger partial charge in [-0.3, -0.25) is 0 Å². The largest absolute Gasteiger partial charge is 0.508 e. The fraction of sp³-hybridized carbons (Fsp3) is 0.0286. The molecule has 7 aromatic rings. The molecule has 216 valence electrons. The number of phenolic OH excluding ortho intramolecular Hbond substituents is 1. The number of azo groups is 1. The summed E-state index contributed by atoms with van der Waals surface area (Å²) >= 11 is 0. The smallest absolute Gasteiger partial charge is 0.246 e. The van der Waals surface area contributed by atoms with Crippen LogP contribution in [0.4, 0.5) is 11.5 Å². The Hall–Kier alpha value is -6.42. The average Bonchev–Trinajstić information content (AvgIpc) is 3.72. The van der Waals surface area contributed by atoms with Crippen LogP contribution in [0.5, 0.6) is 17.4 Å². The third-order valence-corrected chi connectivity index (χ3v) is 7.54. The van der Waals surface area contributed by atoms with E-state index in [9.17, 15) is 5.11 Å². The molecule has 5 heterocycles. The summed E-state index contributed by atoms with van der Waals surface area (Å²) in [5.74, 6) is 1.61. The summed E-state index contributed by atoms with van der Waals surface area (Å²) in [4.78, 5) is 13.0. The highest BCUT2D eigenvalue weighted by Crippen LogP contribution is 2.38. The molecule has 1 aliphatic rings. The Balaban J connectivity index is 1.41. The number of ether oxygens (including phenoxy) is 1. The minimum atomic E-state index is 0.147. The van der Waals surface area contributed by atoms with Crippen LogP contribution < -0.4 is 20.3 Å². The molecule has 0 radical (unpaired) electrons. The van der Waals surface area contributed by atoms with E-state index in [2.05, 4.69) is 21.3 Å². The minimum Gasteiger partial charge on any atom is -0.508 e. The maximum Gasteiger partial charge on any atom is 0.246 e. The highest BCUT2D eigenvalue weighted by Gasteiger charge is 2.29. The summed E-state index contributed by atoms with van der Waals surface area (Å²) in [7, 11) is 0. The van der Waals surface area contributed by atoms with Crippen molar-refractivity contribution in [2.24, 2.45) is 10.2 Å². The molecule has 0 unspecified atom stereocenters. The van der Waals surface area contributed by atoms with E-state index in [1.165, 1.54) is 0 Å². The number of pyridine rings is 2. The molecule has 0 saturated heterocycles. The standard InChI is InChI=1S/C35H24N8O2/c1-22-28-20-29-31(19-25-12-11-23-7-5-6-10-30(23)37-25)38-34(40-39-24-13-15-27(44)16-14-24)32(42-18-17-36-21-42)33(29)45-35(28)43(41-22)26-8-3-2-4-9-26/h2-21,44H,1H3/p+1/b31-19-,40-39?. The number of aromatic nitrogens is 6. The van der Waals surface area contributed by atoms with E-state index in [1.807, 2.05) is 101 Å². The van der Waals surface area contributed by atoms with Gasteiger partial charge in [0.05, 0.1) is 39.2 Å². The topological polar surface area (TPSA) is 117 Å². The van der Waals surface area contributed by atoms with Gasteiger partial charge in [0, 0.05) is 10.6 Å². The number of aromatic hydroxyl groups is 1. The van der Waals surface area contributed by atoms with E-state index in [1.54, 1.807) is 30.6 Å². The Labute approximate surface area is 256 Å². The highest BCUT2D eigenvalue weighted by atomic mass is 16.5. The van der Waals surface area contributed by atoms with Gasteiger partial charge < -0.3 is 9.84 Å². The van der Waals surface area contributed by atoms with E-state index in [0.717, 1.165) is 38.8 Å². The fourth-order valence-electron chi connectivity index (χ4n) is 5.35. The molecule has 10 nitrogen and oxygen atoms in total. The molecular formula is C35H25N8O2+. The molecule has 8 rings (SSSR count). The zero-order valence-electron chi connectivity index (χ0n) is 24.0. The molecule has 3 aromatic carbocycles. The first-order chi connectivity index (χ1) is 22.1. The van der Waals surface area contributed by atoms with Gasteiger partial charge in [0.25, 0.3) is 0 Å². The van der Waals surface area contributed by atoms with Crippen molar-refractivity contribution < 1.29 is 14.8 Å². The zero-order chi connectivity index (χ0) is 30.3.